The van der Waals surface area contributed by atoms with Crippen molar-refractivity contribution < 1.29 is 29.4 Å². The van der Waals surface area contributed by atoms with Gasteiger partial charge in [-0.1, -0.05) is 0 Å². The highest BCUT2D eigenvalue weighted by Gasteiger charge is 2.78. The number of hydrogen-bond donors (Lipinski definition) is 2. The average molecular weight is 439 g/mol. The van der Waals surface area contributed by atoms with E-state index in [1.54, 1.807) is 6.26 Å². The standard InChI is InChI=1S/C19H22N2O6S2/c1-28-18-5-7-9(22)2-3-10(23)13(7)20(18)17(27)19-6-8-14(21(19)16(18)26)11(24)4-12(29-19)15(8)25/h7-8,10-14,23-24H,2-6H2,1H3/t7-,8+,10-,11-,12-,13-,14-,18+,19+/m0/s1. The molecule has 29 heavy (non-hydrogen) atoms. The first-order valence-electron chi connectivity index (χ1n) is 10.1. The molecule has 2 N–H and O–H groups in total. The maximum Gasteiger partial charge on any atom is 0.261 e. The third-order valence-electron chi connectivity index (χ3n) is 8.00. The predicted molar refractivity (Wildman–Crippen MR) is 104 cm³/mol. The lowest BCUT2D eigenvalue weighted by Crippen LogP contribution is -2.74. The van der Waals surface area contributed by atoms with Gasteiger partial charge in [-0.25, -0.2) is 0 Å². The van der Waals surface area contributed by atoms with Gasteiger partial charge in [0.05, 0.1) is 29.5 Å². The number of amides is 2. The molecule has 0 aromatic carbocycles. The normalized spacial score (nSPS) is 52.7. The number of rotatable bonds is 1. The van der Waals surface area contributed by atoms with Gasteiger partial charge in [0, 0.05) is 31.1 Å². The maximum absolute atomic E-state index is 14.1. The number of Topliss-reactive ketones (excluding diaryl/α,β-unsaturated/α-hetero) is 2. The van der Waals surface area contributed by atoms with Crippen LogP contribution in [0.2, 0.25) is 0 Å². The Hall–Kier alpha value is -1.10. The summed E-state index contributed by atoms with van der Waals surface area (Å²) in [5.41, 5.74) is 0. The summed E-state index contributed by atoms with van der Waals surface area (Å²) in [6.45, 7) is 0. The van der Waals surface area contributed by atoms with Crippen LogP contribution in [0.5, 0.6) is 0 Å². The van der Waals surface area contributed by atoms with E-state index >= 15 is 0 Å². The van der Waals surface area contributed by atoms with Crippen LogP contribution in [0.25, 0.3) is 0 Å². The Morgan fingerprint density at radius 2 is 1.72 bits per heavy atom. The van der Waals surface area contributed by atoms with Gasteiger partial charge in [-0.15, -0.1) is 23.5 Å². The Morgan fingerprint density at radius 3 is 2.45 bits per heavy atom. The third kappa shape index (κ3) is 1.89. The summed E-state index contributed by atoms with van der Waals surface area (Å²) in [7, 11) is 0. The summed E-state index contributed by atoms with van der Waals surface area (Å²) in [5.74, 6) is -1.64. The number of ketones is 2. The van der Waals surface area contributed by atoms with E-state index < -0.39 is 51.1 Å². The number of piperazine rings is 1. The van der Waals surface area contributed by atoms with Crippen molar-refractivity contribution in [2.45, 2.75) is 71.4 Å². The fourth-order valence-corrected chi connectivity index (χ4v) is 9.68. The van der Waals surface area contributed by atoms with Crippen molar-refractivity contribution in [3.8, 4) is 0 Å². The van der Waals surface area contributed by atoms with Crippen LogP contribution in [-0.4, -0.2) is 88.9 Å². The zero-order chi connectivity index (χ0) is 20.5. The molecule has 0 aromatic rings. The predicted octanol–water partition coefficient (Wildman–Crippen LogP) is -0.637. The van der Waals surface area contributed by atoms with Gasteiger partial charge in [0.15, 0.2) is 15.5 Å². The largest absolute Gasteiger partial charge is 0.391 e. The van der Waals surface area contributed by atoms with Gasteiger partial charge in [0.2, 0.25) is 0 Å². The first-order chi connectivity index (χ1) is 13.8. The number of carbonyl (C=O) groups excluding carboxylic acids is 4. The molecule has 0 unspecified atom stereocenters. The monoisotopic (exact) mass is 438 g/mol. The second-order valence-corrected chi connectivity index (χ2v) is 11.7. The first kappa shape index (κ1) is 18.7. The van der Waals surface area contributed by atoms with Crippen LogP contribution in [0, 0.1) is 11.8 Å². The molecule has 4 saturated heterocycles. The number of thioether (sulfide) groups is 2. The van der Waals surface area contributed by atoms with Crippen LogP contribution in [-0.2, 0) is 19.2 Å². The summed E-state index contributed by atoms with van der Waals surface area (Å²) in [6.07, 6.45) is 1.26. The molecule has 2 amide bonds. The molecule has 0 aromatic heterocycles. The van der Waals surface area contributed by atoms with Crippen LogP contribution < -0.4 is 0 Å². The Balaban J connectivity index is 1.54. The van der Waals surface area contributed by atoms with Gasteiger partial charge < -0.3 is 20.0 Å². The van der Waals surface area contributed by atoms with Gasteiger partial charge in [-0.05, 0) is 19.1 Å². The van der Waals surface area contributed by atoms with Crippen molar-refractivity contribution in [1.29, 1.82) is 0 Å². The number of hydrogen-bond acceptors (Lipinski definition) is 8. The zero-order valence-electron chi connectivity index (χ0n) is 15.8. The fraction of sp³-hybridized carbons (Fsp3) is 0.789. The Bertz CT molecular complexity index is 883. The lowest BCUT2D eigenvalue weighted by molar-refractivity contribution is -0.170. The maximum atomic E-state index is 14.1. The molecule has 156 valence electrons. The van der Waals surface area contributed by atoms with Gasteiger partial charge in [-0.2, -0.15) is 0 Å². The summed E-state index contributed by atoms with van der Waals surface area (Å²) in [4.78, 5) is 54.0. The minimum atomic E-state index is -1.27. The molecule has 2 saturated carbocycles. The third-order valence-corrected chi connectivity index (χ3v) is 10.9. The molecule has 4 aliphatic heterocycles. The number of aliphatic hydroxyl groups is 2. The number of carbonyl (C=O) groups is 4. The lowest BCUT2D eigenvalue weighted by atomic mass is 9.80. The van der Waals surface area contributed by atoms with Gasteiger partial charge in [0.25, 0.3) is 11.8 Å². The molecule has 4 heterocycles. The SMILES string of the molecule is CS[C@@]12C[C@H]3C(=O)CC[C@H](O)[C@H]3N1C(=O)[C@]13C[C@H]4C(=O)[C@H](C[C@H](O)[C@H]4N1C2=O)S3. The quantitative estimate of drug-likeness (QED) is 0.556. The number of nitrogens with zero attached hydrogens (tertiary/aromatic N) is 2. The fourth-order valence-electron chi connectivity index (χ4n) is 6.81. The molecular formula is C19H22N2O6S2. The molecule has 0 radical (unpaired) electrons. The summed E-state index contributed by atoms with van der Waals surface area (Å²) < 4.78 is 0. The van der Waals surface area contributed by atoms with E-state index in [1.807, 2.05) is 0 Å². The van der Waals surface area contributed by atoms with Gasteiger partial charge in [0.1, 0.15) is 5.78 Å². The molecule has 6 aliphatic rings. The van der Waals surface area contributed by atoms with Crippen molar-refractivity contribution in [1.82, 2.24) is 9.80 Å². The Morgan fingerprint density at radius 1 is 1.00 bits per heavy atom. The molecule has 10 heteroatoms. The van der Waals surface area contributed by atoms with E-state index in [4.69, 9.17) is 0 Å². The van der Waals surface area contributed by atoms with E-state index in [1.165, 1.54) is 33.3 Å². The van der Waals surface area contributed by atoms with E-state index in [-0.39, 0.29) is 55.5 Å². The van der Waals surface area contributed by atoms with E-state index in [0.717, 1.165) is 0 Å². The average Bonchev–Trinajstić information content (AvgIpc) is 3.17. The van der Waals surface area contributed by atoms with Gasteiger partial charge >= 0.3 is 0 Å². The van der Waals surface area contributed by atoms with E-state index in [9.17, 15) is 29.4 Å². The highest BCUT2D eigenvalue weighted by molar-refractivity contribution is 8.03. The minimum Gasteiger partial charge on any atom is -0.391 e. The molecule has 2 aliphatic carbocycles. The smallest absolute Gasteiger partial charge is 0.261 e. The molecular weight excluding hydrogens is 416 g/mol. The van der Waals surface area contributed by atoms with E-state index in [0.29, 0.717) is 0 Å². The van der Waals surface area contributed by atoms with Crippen LogP contribution >= 0.6 is 23.5 Å². The highest BCUT2D eigenvalue weighted by Crippen LogP contribution is 2.64. The van der Waals surface area contributed by atoms with E-state index in [2.05, 4.69) is 0 Å². The molecule has 8 nitrogen and oxygen atoms in total. The second-order valence-electron chi connectivity index (χ2n) is 9.11. The van der Waals surface area contributed by atoms with Crippen LogP contribution in [0.15, 0.2) is 0 Å². The summed E-state index contributed by atoms with van der Waals surface area (Å²) in [5, 5.41) is 21.0. The van der Waals surface area contributed by atoms with Crippen LogP contribution in [0.1, 0.15) is 32.1 Å². The highest BCUT2D eigenvalue weighted by atomic mass is 32.2. The summed E-state index contributed by atoms with van der Waals surface area (Å²) >= 11 is 2.43. The second kappa shape index (κ2) is 5.57. The Labute approximate surface area is 175 Å². The molecule has 1 spiro atoms. The lowest BCUT2D eigenvalue weighted by Gasteiger charge is -2.54. The minimum absolute atomic E-state index is 0.00714. The van der Waals surface area contributed by atoms with Crippen molar-refractivity contribution in [2.24, 2.45) is 11.8 Å². The molecule has 6 rings (SSSR count). The van der Waals surface area contributed by atoms with Crippen molar-refractivity contribution in [3.63, 3.8) is 0 Å². The van der Waals surface area contributed by atoms with Crippen molar-refractivity contribution >= 4 is 46.9 Å². The van der Waals surface area contributed by atoms with Crippen LogP contribution in [0.3, 0.4) is 0 Å². The van der Waals surface area contributed by atoms with Crippen LogP contribution in [0.4, 0.5) is 0 Å². The topological polar surface area (TPSA) is 115 Å². The number of fused-ring (bicyclic) bond motifs is 5. The first-order valence-corrected chi connectivity index (χ1v) is 12.2. The molecule has 6 fully saturated rings. The van der Waals surface area contributed by atoms with Crippen molar-refractivity contribution in [3.05, 3.63) is 0 Å². The zero-order valence-corrected chi connectivity index (χ0v) is 17.4. The number of aliphatic hydroxyl groups excluding tert-OH is 2. The molecule has 9 atom stereocenters. The van der Waals surface area contributed by atoms with Crippen molar-refractivity contribution in [2.75, 3.05) is 6.26 Å². The summed E-state index contributed by atoms with van der Waals surface area (Å²) in [6, 6.07) is -1.38. The van der Waals surface area contributed by atoms with Gasteiger partial charge in [-0.3, -0.25) is 19.2 Å². The Kier molecular flexibility index (Phi) is 3.58. The molecule has 3 bridgehead atoms.